The molecular weight excluding hydrogens is 264 g/mol. The first-order valence-electron chi connectivity index (χ1n) is 8.16. The van der Waals surface area contributed by atoms with Gasteiger partial charge in [-0.3, -0.25) is 0 Å². The highest BCUT2D eigenvalue weighted by atomic mass is 16.4. The molecule has 3 aliphatic rings. The first-order chi connectivity index (χ1) is 10.0. The van der Waals surface area contributed by atoms with Crippen LogP contribution in [0, 0.1) is 17.3 Å². The van der Waals surface area contributed by atoms with Crippen LogP contribution in [-0.2, 0) is 6.42 Å². The highest BCUT2D eigenvalue weighted by Crippen LogP contribution is 2.60. The molecule has 0 aromatic heterocycles. The van der Waals surface area contributed by atoms with Crippen molar-refractivity contribution in [2.45, 2.75) is 56.8 Å². The van der Waals surface area contributed by atoms with Gasteiger partial charge in [0.2, 0.25) is 0 Å². The van der Waals surface area contributed by atoms with Crippen LogP contribution in [0.4, 0.5) is 0 Å². The molecule has 0 bridgehead atoms. The molecule has 114 valence electrons. The maximum Gasteiger partial charge on any atom is 0.107 e. The van der Waals surface area contributed by atoms with Crippen LogP contribution in [0.25, 0.3) is 0 Å². The number of benzene rings is 1. The van der Waals surface area contributed by atoms with Crippen molar-refractivity contribution in [1.29, 1.82) is 0 Å². The quantitative estimate of drug-likeness (QED) is 0.683. The molecule has 2 fully saturated rings. The Morgan fingerprint density at radius 1 is 1.05 bits per heavy atom. The molecule has 1 aromatic carbocycles. The van der Waals surface area contributed by atoms with E-state index in [9.17, 15) is 15.3 Å². The predicted octanol–water partition coefficient (Wildman–Crippen LogP) is 1.85. The van der Waals surface area contributed by atoms with Gasteiger partial charge in [0.05, 0.1) is 12.2 Å². The lowest BCUT2D eigenvalue weighted by Gasteiger charge is -2.50. The third-order valence-corrected chi connectivity index (χ3v) is 6.65. The van der Waals surface area contributed by atoms with Gasteiger partial charge in [0, 0.05) is 5.41 Å². The van der Waals surface area contributed by atoms with Gasteiger partial charge in [0.25, 0.3) is 0 Å². The molecule has 0 aliphatic heterocycles. The Balaban J connectivity index is 1.75. The van der Waals surface area contributed by atoms with Gasteiger partial charge in [-0.1, -0.05) is 31.2 Å². The molecule has 0 spiro atoms. The van der Waals surface area contributed by atoms with Gasteiger partial charge in [0.15, 0.2) is 0 Å². The van der Waals surface area contributed by atoms with E-state index in [4.69, 9.17) is 0 Å². The van der Waals surface area contributed by atoms with Gasteiger partial charge in [-0.25, -0.2) is 0 Å². The van der Waals surface area contributed by atoms with Crippen LogP contribution in [0.5, 0.6) is 0 Å². The highest BCUT2D eigenvalue weighted by Gasteiger charge is 2.62. The minimum atomic E-state index is -0.990. The Morgan fingerprint density at radius 3 is 2.62 bits per heavy atom. The van der Waals surface area contributed by atoms with Gasteiger partial charge < -0.3 is 15.3 Å². The number of fused-ring (bicyclic) bond motifs is 5. The Kier molecular flexibility index (Phi) is 2.97. The van der Waals surface area contributed by atoms with E-state index in [0.717, 1.165) is 25.7 Å². The molecule has 0 saturated heterocycles. The Hall–Kier alpha value is -0.900. The SMILES string of the molecule is C[C@]12CC[C@@H]3c4ccccc4CC[C@H]3[C@@H]1[C@@H](O)[C@H](O)[C@@H]2O. The van der Waals surface area contributed by atoms with E-state index in [-0.39, 0.29) is 11.3 Å². The fourth-order valence-corrected chi connectivity index (χ4v) is 5.58. The van der Waals surface area contributed by atoms with Gasteiger partial charge in [-0.2, -0.15) is 0 Å². The Labute approximate surface area is 125 Å². The lowest BCUT2D eigenvalue weighted by atomic mass is 9.55. The zero-order valence-electron chi connectivity index (χ0n) is 12.4. The summed E-state index contributed by atoms with van der Waals surface area (Å²) < 4.78 is 0. The molecule has 4 rings (SSSR count). The molecule has 0 amide bonds. The van der Waals surface area contributed by atoms with Crippen LogP contribution >= 0.6 is 0 Å². The molecule has 3 heteroatoms. The average Bonchev–Trinajstić information content (AvgIpc) is 2.68. The van der Waals surface area contributed by atoms with Crippen LogP contribution in [0.1, 0.15) is 43.2 Å². The van der Waals surface area contributed by atoms with Crippen molar-refractivity contribution in [2.24, 2.45) is 17.3 Å². The van der Waals surface area contributed by atoms with Gasteiger partial charge in [-0.05, 0) is 54.6 Å². The monoisotopic (exact) mass is 288 g/mol. The van der Waals surface area contributed by atoms with Gasteiger partial charge in [0.1, 0.15) is 6.10 Å². The minimum absolute atomic E-state index is 0.00889. The van der Waals surface area contributed by atoms with E-state index in [2.05, 4.69) is 31.2 Å². The molecule has 3 nitrogen and oxygen atoms in total. The van der Waals surface area contributed by atoms with E-state index in [1.54, 1.807) is 0 Å². The zero-order valence-corrected chi connectivity index (χ0v) is 12.4. The summed E-state index contributed by atoms with van der Waals surface area (Å²) in [5, 5.41) is 31.1. The number of hydrogen-bond donors (Lipinski definition) is 3. The lowest BCUT2D eigenvalue weighted by Crippen LogP contribution is -2.46. The zero-order chi connectivity index (χ0) is 14.8. The largest absolute Gasteiger partial charge is 0.390 e. The fraction of sp³-hybridized carbons (Fsp3) is 0.667. The summed E-state index contributed by atoms with van der Waals surface area (Å²) in [6.07, 6.45) is 1.45. The van der Waals surface area contributed by atoms with Crippen molar-refractivity contribution >= 4 is 0 Å². The molecule has 0 heterocycles. The Morgan fingerprint density at radius 2 is 1.81 bits per heavy atom. The van der Waals surface area contributed by atoms with Crippen molar-refractivity contribution in [2.75, 3.05) is 0 Å². The third kappa shape index (κ3) is 1.71. The van der Waals surface area contributed by atoms with E-state index in [1.807, 2.05) is 0 Å². The molecular formula is C18H24O3. The molecule has 1 aromatic rings. The second-order valence-corrected chi connectivity index (χ2v) is 7.50. The standard InChI is InChI=1S/C18H24O3/c1-18-9-8-12-11-5-3-2-4-10(11)6-7-13(12)14(18)15(19)16(20)17(18)21/h2-5,12-17,19-21H,6-9H2,1H3/t12-,13-,14-,15-,16+,17+,18+/m1/s1. The fourth-order valence-electron chi connectivity index (χ4n) is 5.58. The number of rotatable bonds is 0. The summed E-state index contributed by atoms with van der Waals surface area (Å²) in [7, 11) is 0. The van der Waals surface area contributed by atoms with E-state index < -0.39 is 18.3 Å². The first kappa shape index (κ1) is 13.7. The van der Waals surface area contributed by atoms with Crippen molar-refractivity contribution in [3.8, 4) is 0 Å². The lowest BCUT2D eigenvalue weighted by molar-refractivity contribution is -0.0505. The summed E-state index contributed by atoms with van der Waals surface area (Å²) in [6, 6.07) is 8.64. The van der Waals surface area contributed by atoms with E-state index in [1.165, 1.54) is 11.1 Å². The highest BCUT2D eigenvalue weighted by molar-refractivity contribution is 5.35. The molecule has 0 radical (unpaired) electrons. The minimum Gasteiger partial charge on any atom is -0.390 e. The Bertz CT molecular complexity index is 557. The summed E-state index contributed by atoms with van der Waals surface area (Å²) >= 11 is 0. The van der Waals surface area contributed by atoms with Gasteiger partial charge >= 0.3 is 0 Å². The summed E-state index contributed by atoms with van der Waals surface area (Å²) in [5.74, 6) is 0.857. The molecule has 21 heavy (non-hydrogen) atoms. The normalized spacial score (nSPS) is 48.4. The topological polar surface area (TPSA) is 60.7 Å². The molecule has 0 unspecified atom stereocenters. The number of aliphatic hydroxyl groups excluding tert-OH is 3. The first-order valence-corrected chi connectivity index (χ1v) is 8.16. The summed E-state index contributed by atoms with van der Waals surface area (Å²) in [5.41, 5.74) is 2.53. The maximum absolute atomic E-state index is 10.5. The molecule has 3 N–H and O–H groups in total. The van der Waals surface area contributed by atoms with Crippen LogP contribution in [0.2, 0.25) is 0 Å². The molecule has 7 atom stereocenters. The van der Waals surface area contributed by atoms with Gasteiger partial charge in [-0.15, -0.1) is 0 Å². The van der Waals surface area contributed by atoms with Crippen LogP contribution < -0.4 is 0 Å². The van der Waals surface area contributed by atoms with Crippen molar-refractivity contribution in [3.05, 3.63) is 35.4 Å². The maximum atomic E-state index is 10.5. The summed E-state index contributed by atoms with van der Waals surface area (Å²) in [6.45, 7) is 2.05. The van der Waals surface area contributed by atoms with E-state index >= 15 is 0 Å². The van der Waals surface area contributed by atoms with Crippen LogP contribution in [0.3, 0.4) is 0 Å². The number of aryl methyl sites for hydroxylation is 1. The third-order valence-electron chi connectivity index (χ3n) is 6.65. The molecule has 2 saturated carbocycles. The second-order valence-electron chi connectivity index (χ2n) is 7.50. The van der Waals surface area contributed by atoms with Crippen molar-refractivity contribution < 1.29 is 15.3 Å². The summed E-state index contributed by atoms with van der Waals surface area (Å²) in [4.78, 5) is 0. The number of hydrogen-bond acceptors (Lipinski definition) is 3. The van der Waals surface area contributed by atoms with E-state index in [0.29, 0.717) is 11.8 Å². The van der Waals surface area contributed by atoms with Crippen molar-refractivity contribution in [1.82, 2.24) is 0 Å². The molecule has 3 aliphatic carbocycles. The van der Waals surface area contributed by atoms with Crippen LogP contribution in [0.15, 0.2) is 24.3 Å². The number of aliphatic hydroxyl groups is 3. The predicted molar refractivity (Wildman–Crippen MR) is 79.8 cm³/mol. The average molecular weight is 288 g/mol. The van der Waals surface area contributed by atoms with Crippen LogP contribution in [-0.4, -0.2) is 33.6 Å². The second kappa shape index (κ2) is 4.55. The van der Waals surface area contributed by atoms with Crippen molar-refractivity contribution in [3.63, 3.8) is 0 Å². The smallest absolute Gasteiger partial charge is 0.107 e.